The standard InChI is InChI=1S/C28H47N8O19P3S/c1-28(2,23(42)26(43)32-7-6-17(37)31-8-9-59-19(40)5-3-4-15(29)10-18(38)39)12-52-58(49,50)55-57(47,48)51-11-16-22(54-56(44,45)46)21(41)27(53-16)36-14-35-20-24(30)33-13-34-25(20)36/h13-16,21-23,27,41-42H,3-12,29H2,1-2H3,(H,31,37)(H,32,43)(H,38,39)(H,47,48)(H,49,50)(H2,30,33,34)(H2,44,45,46)/t15?,16-,21-,22-,23+,27-/m1/s1. The maximum atomic E-state index is 12.7. The van der Waals surface area contributed by atoms with Gasteiger partial charge in [0.15, 0.2) is 22.8 Å². The van der Waals surface area contributed by atoms with Gasteiger partial charge in [0.2, 0.25) is 11.8 Å². The van der Waals surface area contributed by atoms with E-state index in [9.17, 15) is 62.7 Å². The number of thioether (sulfide) groups is 1. The van der Waals surface area contributed by atoms with Crippen LogP contribution in [-0.2, 0) is 55.5 Å². The zero-order valence-electron chi connectivity index (χ0n) is 31.4. The summed E-state index contributed by atoms with van der Waals surface area (Å²) in [5, 5.41) is 34.9. The van der Waals surface area contributed by atoms with Gasteiger partial charge in [-0.1, -0.05) is 25.6 Å². The third-order valence-electron chi connectivity index (χ3n) is 8.16. The van der Waals surface area contributed by atoms with Crippen LogP contribution in [0.3, 0.4) is 0 Å². The minimum Gasteiger partial charge on any atom is -0.481 e. The monoisotopic (exact) mass is 924 g/mol. The number of ether oxygens (including phenoxy) is 1. The number of fused-ring (bicyclic) bond motifs is 1. The molecule has 0 bridgehead atoms. The number of aliphatic carboxylic acids is 1. The number of aromatic nitrogens is 4. The topological polar surface area (TPSA) is 427 Å². The number of rotatable bonds is 25. The van der Waals surface area contributed by atoms with Gasteiger partial charge in [0.1, 0.15) is 36.3 Å². The van der Waals surface area contributed by atoms with Crippen LogP contribution in [0, 0.1) is 5.41 Å². The summed E-state index contributed by atoms with van der Waals surface area (Å²) in [4.78, 5) is 98.2. The number of amides is 2. The number of carboxylic acids is 1. The molecule has 1 fully saturated rings. The van der Waals surface area contributed by atoms with Gasteiger partial charge < -0.3 is 61.7 Å². The minimum atomic E-state index is -5.59. The van der Waals surface area contributed by atoms with E-state index in [4.69, 9.17) is 30.4 Å². The number of hydrogen-bond donors (Lipinski definition) is 11. The Morgan fingerprint density at radius 2 is 1.71 bits per heavy atom. The van der Waals surface area contributed by atoms with Gasteiger partial charge in [-0.25, -0.2) is 28.6 Å². The molecule has 1 saturated heterocycles. The lowest BCUT2D eigenvalue weighted by atomic mass is 9.87. The lowest BCUT2D eigenvalue weighted by Crippen LogP contribution is -2.46. The Kier molecular flexibility index (Phi) is 18.5. The number of carbonyl (C=O) groups excluding carboxylic acids is 3. The van der Waals surface area contributed by atoms with E-state index in [0.29, 0.717) is 12.8 Å². The van der Waals surface area contributed by atoms with Gasteiger partial charge in [0, 0.05) is 43.1 Å². The number of hydrogen-bond acceptors (Lipinski definition) is 20. The number of nitrogens with zero attached hydrogens (tertiary/aromatic N) is 4. The van der Waals surface area contributed by atoms with Gasteiger partial charge in [-0.3, -0.25) is 37.3 Å². The Morgan fingerprint density at radius 3 is 2.37 bits per heavy atom. The molecule has 0 spiro atoms. The molecule has 59 heavy (non-hydrogen) atoms. The SMILES string of the molecule is CC(C)(COP(=O)(O)OP(=O)(O)OC[C@H]1O[C@@H](n2cnc3c(N)ncnc32)[C@H](O)[C@@H]1OP(=O)(O)O)[C@@H](O)C(=O)NCCC(=O)NCCSC(=O)CCCC(N)CC(=O)O. The number of carbonyl (C=O) groups is 4. The fourth-order valence-electron chi connectivity index (χ4n) is 5.20. The van der Waals surface area contributed by atoms with E-state index in [1.165, 1.54) is 13.8 Å². The molecule has 0 radical (unpaired) electrons. The summed E-state index contributed by atoms with van der Waals surface area (Å²) in [5.41, 5.74) is 9.86. The lowest BCUT2D eigenvalue weighted by Gasteiger charge is -2.30. The number of nitrogens with two attached hydrogens (primary N) is 2. The van der Waals surface area contributed by atoms with Crippen molar-refractivity contribution in [3.05, 3.63) is 12.7 Å². The van der Waals surface area contributed by atoms with Gasteiger partial charge in [-0.2, -0.15) is 4.31 Å². The molecule has 0 aliphatic carbocycles. The highest BCUT2D eigenvalue weighted by Crippen LogP contribution is 2.61. The number of nitrogens with one attached hydrogen (secondary N) is 2. The van der Waals surface area contributed by atoms with Crippen molar-refractivity contribution in [2.75, 3.05) is 37.8 Å². The van der Waals surface area contributed by atoms with E-state index in [-0.39, 0.29) is 60.2 Å². The highest BCUT2D eigenvalue weighted by Gasteiger charge is 2.50. The van der Waals surface area contributed by atoms with Crippen LogP contribution in [0.15, 0.2) is 12.7 Å². The second-order valence-corrected chi connectivity index (χ2v) is 18.9. The first-order chi connectivity index (χ1) is 27.3. The van der Waals surface area contributed by atoms with Crippen LogP contribution in [-0.4, -0.2) is 140 Å². The molecule has 13 N–H and O–H groups in total. The van der Waals surface area contributed by atoms with Crippen LogP contribution < -0.4 is 22.1 Å². The predicted molar refractivity (Wildman–Crippen MR) is 201 cm³/mol. The number of aliphatic hydroxyl groups is 2. The summed E-state index contributed by atoms with van der Waals surface area (Å²) in [6, 6.07) is -0.548. The normalized spacial score (nSPS) is 21.6. The third-order valence-corrected chi connectivity index (χ3v) is 12.2. The molecule has 2 aromatic rings. The number of phosphoric acid groups is 3. The van der Waals surface area contributed by atoms with E-state index >= 15 is 0 Å². The maximum Gasteiger partial charge on any atom is 0.481 e. The average Bonchev–Trinajstić information content (AvgIpc) is 3.67. The lowest BCUT2D eigenvalue weighted by molar-refractivity contribution is -0.138. The summed E-state index contributed by atoms with van der Waals surface area (Å²) in [6.45, 7) is 0.290. The zero-order valence-corrected chi connectivity index (χ0v) is 34.9. The molecule has 31 heteroatoms. The molecule has 1 aliphatic heterocycles. The van der Waals surface area contributed by atoms with Gasteiger partial charge in [0.05, 0.1) is 26.0 Å². The largest absolute Gasteiger partial charge is 0.481 e. The molecule has 334 valence electrons. The van der Waals surface area contributed by atoms with Gasteiger partial charge >= 0.3 is 29.4 Å². The first kappa shape index (κ1) is 50.3. The van der Waals surface area contributed by atoms with E-state index in [1.54, 1.807) is 0 Å². The van der Waals surface area contributed by atoms with Crippen molar-refractivity contribution in [3.8, 4) is 0 Å². The van der Waals surface area contributed by atoms with Crippen LogP contribution >= 0.6 is 35.2 Å². The average molecular weight is 925 g/mol. The Morgan fingerprint density at radius 1 is 1.03 bits per heavy atom. The molecule has 3 rings (SSSR count). The molecule has 1 aliphatic rings. The first-order valence-corrected chi connectivity index (χ1v) is 22.8. The summed E-state index contributed by atoms with van der Waals surface area (Å²) >= 11 is 0.979. The molecule has 3 unspecified atom stereocenters. The molecule has 2 amide bonds. The molecule has 0 aromatic carbocycles. The van der Waals surface area contributed by atoms with Crippen molar-refractivity contribution in [1.29, 1.82) is 0 Å². The van der Waals surface area contributed by atoms with Crippen molar-refractivity contribution < 1.29 is 90.4 Å². The van der Waals surface area contributed by atoms with Crippen LogP contribution in [0.5, 0.6) is 0 Å². The molecule has 27 nitrogen and oxygen atoms in total. The number of nitrogen functional groups attached to an aromatic ring is 1. The fraction of sp³-hybridized carbons (Fsp3) is 0.679. The maximum absolute atomic E-state index is 12.7. The number of aliphatic hydroxyl groups excluding tert-OH is 2. The van der Waals surface area contributed by atoms with Crippen molar-refractivity contribution in [1.82, 2.24) is 30.2 Å². The van der Waals surface area contributed by atoms with Gasteiger partial charge in [-0.05, 0) is 12.8 Å². The minimum absolute atomic E-state index is 0.0200. The second-order valence-electron chi connectivity index (χ2n) is 13.5. The molecular weight excluding hydrogens is 877 g/mol. The predicted octanol–water partition coefficient (Wildman–Crippen LogP) is -1.36. The Balaban J connectivity index is 1.43. The van der Waals surface area contributed by atoms with Crippen molar-refractivity contribution in [2.24, 2.45) is 11.1 Å². The quantitative estimate of drug-likeness (QED) is 0.0404. The Labute approximate surface area is 339 Å². The molecule has 8 atom stereocenters. The van der Waals surface area contributed by atoms with Crippen molar-refractivity contribution >= 4 is 75.1 Å². The molecule has 2 aromatic heterocycles. The van der Waals surface area contributed by atoms with Gasteiger partial charge in [0.25, 0.3) is 0 Å². The molecule has 3 heterocycles. The highest BCUT2D eigenvalue weighted by molar-refractivity contribution is 8.13. The first-order valence-electron chi connectivity index (χ1n) is 17.3. The highest BCUT2D eigenvalue weighted by atomic mass is 32.2. The number of phosphoric ester groups is 3. The summed E-state index contributed by atoms with van der Waals surface area (Å²) in [5.74, 6) is -2.32. The van der Waals surface area contributed by atoms with Crippen LogP contribution in [0.25, 0.3) is 11.2 Å². The summed E-state index contributed by atoms with van der Waals surface area (Å²) in [7, 11) is -16.4. The zero-order chi connectivity index (χ0) is 44.3. The smallest absolute Gasteiger partial charge is 0.481 e. The van der Waals surface area contributed by atoms with E-state index in [1.807, 2.05) is 0 Å². The van der Waals surface area contributed by atoms with E-state index < -0.39 is 96.6 Å². The van der Waals surface area contributed by atoms with E-state index in [2.05, 4.69) is 34.4 Å². The molecular formula is C28H47N8O19P3S. The Hall–Kier alpha value is -3.01. The second kappa shape index (κ2) is 21.7. The Bertz CT molecular complexity index is 1940. The van der Waals surface area contributed by atoms with Crippen LogP contribution in [0.4, 0.5) is 5.82 Å². The van der Waals surface area contributed by atoms with Crippen LogP contribution in [0.1, 0.15) is 52.2 Å². The fourth-order valence-corrected chi connectivity index (χ4v) is 8.75. The third kappa shape index (κ3) is 16.4. The van der Waals surface area contributed by atoms with E-state index in [0.717, 1.165) is 29.0 Å². The number of imidazole rings is 1. The van der Waals surface area contributed by atoms with Gasteiger partial charge in [-0.15, -0.1) is 0 Å². The summed E-state index contributed by atoms with van der Waals surface area (Å²) in [6.07, 6.45) is -6.28. The van der Waals surface area contributed by atoms with Crippen molar-refractivity contribution in [2.45, 2.75) is 82.6 Å². The van der Waals surface area contributed by atoms with Crippen molar-refractivity contribution in [3.63, 3.8) is 0 Å². The summed E-state index contributed by atoms with van der Waals surface area (Å²) < 4.78 is 62.1. The molecule has 0 saturated carbocycles. The number of carboxylic acid groups (broad SMARTS) is 1. The van der Waals surface area contributed by atoms with Crippen LogP contribution in [0.2, 0.25) is 0 Å². The number of anilines is 1.